The van der Waals surface area contributed by atoms with Gasteiger partial charge in [-0.15, -0.1) is 11.3 Å². The Balaban J connectivity index is 2.23. The number of thiophene rings is 1. The molecular weight excluding hydrogens is 250 g/mol. The van der Waals surface area contributed by atoms with Crippen molar-refractivity contribution in [3.8, 4) is 0 Å². The lowest BCUT2D eigenvalue weighted by Gasteiger charge is -2.07. The van der Waals surface area contributed by atoms with E-state index in [9.17, 15) is 9.59 Å². The van der Waals surface area contributed by atoms with Crippen molar-refractivity contribution in [1.29, 1.82) is 0 Å². The van der Waals surface area contributed by atoms with E-state index >= 15 is 0 Å². The molecule has 0 fully saturated rings. The third-order valence-corrected chi connectivity index (χ3v) is 2.82. The van der Waals surface area contributed by atoms with E-state index < -0.39 is 5.97 Å². The maximum atomic E-state index is 11.3. The van der Waals surface area contributed by atoms with Crippen molar-refractivity contribution in [2.45, 2.75) is 13.8 Å². The number of amides is 1. The molecule has 1 aromatic rings. The molecule has 0 aromatic carbocycles. The molecule has 0 atom stereocenters. The topological polar surface area (TPSA) is 55.4 Å². The smallest absolute Gasteiger partial charge is 0.331 e. The second kappa shape index (κ2) is 7.66. The van der Waals surface area contributed by atoms with Crippen molar-refractivity contribution in [3.05, 3.63) is 28.5 Å². The molecule has 4 nitrogen and oxygen atoms in total. The van der Waals surface area contributed by atoms with Gasteiger partial charge in [0.25, 0.3) is 5.91 Å². The number of hydrogen-bond acceptors (Lipinski definition) is 4. The van der Waals surface area contributed by atoms with Crippen LogP contribution in [-0.2, 0) is 14.3 Å². The molecule has 0 unspecified atom stereocenters. The molecule has 0 radical (unpaired) electrons. The van der Waals surface area contributed by atoms with Gasteiger partial charge in [0.1, 0.15) is 0 Å². The summed E-state index contributed by atoms with van der Waals surface area (Å²) in [4.78, 5) is 23.5. The quantitative estimate of drug-likeness (QED) is 0.634. The number of carbonyl (C=O) groups is 2. The van der Waals surface area contributed by atoms with Gasteiger partial charge in [-0.25, -0.2) is 4.79 Å². The van der Waals surface area contributed by atoms with Gasteiger partial charge in [0.15, 0.2) is 6.61 Å². The minimum absolute atomic E-state index is 0.236. The summed E-state index contributed by atoms with van der Waals surface area (Å²) in [5.74, 6) is -0.409. The Morgan fingerprint density at radius 3 is 2.89 bits per heavy atom. The first-order valence-electron chi connectivity index (χ1n) is 5.73. The molecule has 1 heterocycles. The molecule has 0 saturated carbocycles. The maximum absolute atomic E-state index is 11.3. The molecule has 98 valence electrons. The molecule has 1 rings (SSSR count). The Hall–Kier alpha value is -1.62. The summed E-state index contributed by atoms with van der Waals surface area (Å²) < 4.78 is 4.80. The average Bonchev–Trinajstić information content (AvgIpc) is 2.84. The molecule has 1 aromatic heterocycles. The zero-order valence-electron chi connectivity index (χ0n) is 10.5. The molecule has 0 aliphatic heterocycles. The van der Waals surface area contributed by atoms with Crippen molar-refractivity contribution in [2.75, 3.05) is 13.2 Å². The Morgan fingerprint density at radius 2 is 2.28 bits per heavy atom. The lowest BCUT2D eigenvalue weighted by molar-refractivity contribution is -0.143. The third kappa shape index (κ3) is 6.20. The second-order valence-corrected chi connectivity index (χ2v) is 5.13. The number of esters is 1. The van der Waals surface area contributed by atoms with Crippen LogP contribution < -0.4 is 5.32 Å². The summed E-state index contributed by atoms with van der Waals surface area (Å²) in [5, 5.41) is 4.59. The number of hydrogen-bond donors (Lipinski definition) is 1. The van der Waals surface area contributed by atoms with Crippen molar-refractivity contribution >= 4 is 29.3 Å². The average molecular weight is 267 g/mol. The summed E-state index contributed by atoms with van der Waals surface area (Å²) in [6.07, 6.45) is 2.99. The zero-order valence-corrected chi connectivity index (χ0v) is 11.3. The van der Waals surface area contributed by atoms with Crippen LogP contribution in [0.15, 0.2) is 23.6 Å². The van der Waals surface area contributed by atoms with Gasteiger partial charge in [-0.3, -0.25) is 4.79 Å². The molecular formula is C13H17NO3S. The fourth-order valence-corrected chi connectivity index (χ4v) is 1.71. The van der Waals surface area contributed by atoms with Crippen molar-refractivity contribution in [3.63, 3.8) is 0 Å². The standard InChI is InChI=1S/C13H17NO3S/c1-10(2)8-14-12(15)9-17-13(16)6-5-11-4-3-7-18-11/h3-7,10H,8-9H2,1-2H3,(H,14,15)/b6-5+. The fraction of sp³-hybridized carbons (Fsp3) is 0.385. The molecule has 0 aliphatic carbocycles. The number of ether oxygens (including phenoxy) is 1. The highest BCUT2D eigenvalue weighted by Gasteiger charge is 2.05. The first kappa shape index (κ1) is 14.4. The normalized spacial score (nSPS) is 10.8. The lowest BCUT2D eigenvalue weighted by Crippen LogP contribution is -2.31. The van der Waals surface area contributed by atoms with E-state index in [0.717, 1.165) is 4.88 Å². The Kier molecular flexibility index (Phi) is 6.14. The van der Waals surface area contributed by atoms with Gasteiger partial charge in [-0.05, 0) is 23.4 Å². The Bertz CT molecular complexity index is 410. The monoisotopic (exact) mass is 267 g/mol. The van der Waals surface area contributed by atoms with Gasteiger partial charge < -0.3 is 10.1 Å². The number of nitrogens with one attached hydrogen (secondary N) is 1. The maximum Gasteiger partial charge on any atom is 0.331 e. The van der Waals surface area contributed by atoms with Gasteiger partial charge in [0.2, 0.25) is 0 Å². The molecule has 1 N–H and O–H groups in total. The van der Waals surface area contributed by atoms with Gasteiger partial charge in [-0.2, -0.15) is 0 Å². The van der Waals surface area contributed by atoms with E-state index in [1.807, 2.05) is 31.4 Å². The summed E-state index contributed by atoms with van der Waals surface area (Å²) >= 11 is 1.53. The zero-order chi connectivity index (χ0) is 13.4. The highest BCUT2D eigenvalue weighted by atomic mass is 32.1. The summed E-state index contributed by atoms with van der Waals surface area (Å²) in [6, 6.07) is 3.79. The highest BCUT2D eigenvalue weighted by molar-refractivity contribution is 7.10. The third-order valence-electron chi connectivity index (χ3n) is 1.98. The Morgan fingerprint density at radius 1 is 1.50 bits per heavy atom. The van der Waals surface area contributed by atoms with E-state index in [-0.39, 0.29) is 12.5 Å². The Labute approximate surface area is 111 Å². The minimum atomic E-state index is -0.511. The molecule has 0 bridgehead atoms. The molecule has 0 aliphatic rings. The highest BCUT2D eigenvalue weighted by Crippen LogP contribution is 2.09. The van der Waals surface area contributed by atoms with Gasteiger partial charge in [-0.1, -0.05) is 19.9 Å². The van der Waals surface area contributed by atoms with Crippen LogP contribution in [0.5, 0.6) is 0 Å². The molecule has 1 amide bonds. The molecule has 18 heavy (non-hydrogen) atoms. The van der Waals surface area contributed by atoms with Gasteiger partial charge >= 0.3 is 5.97 Å². The van der Waals surface area contributed by atoms with Crippen LogP contribution in [0.4, 0.5) is 0 Å². The lowest BCUT2D eigenvalue weighted by atomic mass is 10.2. The van der Waals surface area contributed by atoms with Crippen molar-refractivity contribution in [2.24, 2.45) is 5.92 Å². The van der Waals surface area contributed by atoms with E-state index in [1.54, 1.807) is 6.08 Å². The van der Waals surface area contributed by atoms with Crippen LogP contribution in [0.25, 0.3) is 6.08 Å². The van der Waals surface area contributed by atoms with E-state index in [2.05, 4.69) is 5.32 Å². The minimum Gasteiger partial charge on any atom is -0.452 e. The van der Waals surface area contributed by atoms with Crippen LogP contribution in [0.2, 0.25) is 0 Å². The van der Waals surface area contributed by atoms with E-state index in [0.29, 0.717) is 12.5 Å². The molecule has 0 spiro atoms. The van der Waals surface area contributed by atoms with Crippen LogP contribution in [-0.4, -0.2) is 25.0 Å². The fourth-order valence-electron chi connectivity index (χ4n) is 1.09. The predicted octanol–water partition coefficient (Wildman–Crippen LogP) is 2.08. The predicted molar refractivity (Wildman–Crippen MR) is 72.2 cm³/mol. The SMILES string of the molecule is CC(C)CNC(=O)COC(=O)/C=C/c1cccs1. The molecule has 0 saturated heterocycles. The summed E-state index contributed by atoms with van der Waals surface area (Å²) in [6.45, 7) is 4.34. The van der Waals surface area contributed by atoms with Crippen molar-refractivity contribution in [1.82, 2.24) is 5.32 Å². The van der Waals surface area contributed by atoms with Crippen LogP contribution in [0.3, 0.4) is 0 Å². The summed E-state index contributed by atoms with van der Waals surface area (Å²) in [5.41, 5.74) is 0. The van der Waals surface area contributed by atoms with Crippen LogP contribution in [0.1, 0.15) is 18.7 Å². The first-order chi connectivity index (χ1) is 8.58. The summed E-state index contributed by atoms with van der Waals surface area (Å²) in [7, 11) is 0. The molecule has 5 heteroatoms. The van der Waals surface area contributed by atoms with Gasteiger partial charge in [0, 0.05) is 17.5 Å². The number of carbonyl (C=O) groups excluding carboxylic acids is 2. The van der Waals surface area contributed by atoms with Crippen LogP contribution >= 0.6 is 11.3 Å². The van der Waals surface area contributed by atoms with E-state index in [4.69, 9.17) is 4.74 Å². The van der Waals surface area contributed by atoms with E-state index in [1.165, 1.54) is 17.4 Å². The second-order valence-electron chi connectivity index (χ2n) is 4.15. The first-order valence-corrected chi connectivity index (χ1v) is 6.61. The van der Waals surface area contributed by atoms with Crippen LogP contribution in [0, 0.1) is 5.92 Å². The van der Waals surface area contributed by atoms with Gasteiger partial charge in [0.05, 0.1) is 0 Å². The largest absolute Gasteiger partial charge is 0.452 e. The van der Waals surface area contributed by atoms with Crippen molar-refractivity contribution < 1.29 is 14.3 Å². The number of rotatable bonds is 6.